The number of non-ortho nitro benzene ring substituents is 1. The van der Waals surface area contributed by atoms with E-state index in [1.54, 1.807) is 36.4 Å². The number of para-hydroxylation sites is 1. The summed E-state index contributed by atoms with van der Waals surface area (Å²) in [6.07, 6.45) is 1.50. The Morgan fingerprint density at radius 3 is 2.53 bits per heavy atom. The molecule has 10 heteroatoms. The summed E-state index contributed by atoms with van der Waals surface area (Å²) >= 11 is 0. The van der Waals surface area contributed by atoms with Crippen molar-refractivity contribution in [3.05, 3.63) is 132 Å². The molecule has 0 amide bonds. The van der Waals surface area contributed by atoms with E-state index >= 15 is 0 Å². The zero-order chi connectivity index (χ0) is 26.8. The number of hydrogen-bond acceptors (Lipinski definition) is 6. The average molecular weight is 510 g/mol. The molecule has 0 saturated carbocycles. The fourth-order valence-electron chi connectivity index (χ4n) is 4.31. The second-order valence-electron chi connectivity index (χ2n) is 8.71. The number of rotatable bonds is 7. The topological polar surface area (TPSA) is 125 Å². The largest absolute Gasteiger partial charge is 0.489 e. The lowest BCUT2D eigenvalue weighted by atomic mass is 10.2. The van der Waals surface area contributed by atoms with Crippen molar-refractivity contribution in [1.82, 2.24) is 14.2 Å². The predicted octanol–water partition coefficient (Wildman–Crippen LogP) is 4.47. The molecule has 3 aromatic carbocycles. The lowest BCUT2D eigenvalue weighted by Crippen LogP contribution is -2.32. The van der Waals surface area contributed by atoms with E-state index in [4.69, 9.17) is 4.74 Å². The van der Waals surface area contributed by atoms with Gasteiger partial charge in [0.2, 0.25) is 0 Å². The van der Waals surface area contributed by atoms with E-state index in [0.717, 1.165) is 27.3 Å². The maximum absolute atomic E-state index is 12.8. The zero-order valence-electron chi connectivity index (χ0n) is 20.6. The molecule has 0 bridgehead atoms. The molecule has 10 nitrogen and oxygen atoms in total. The smallest absolute Gasteiger partial charge is 0.349 e. The fraction of sp³-hybridized carbons (Fsp3) is 0.107. The molecule has 0 atom stereocenters. The number of aryl methyl sites for hydroxylation is 1. The quantitative estimate of drug-likeness (QED) is 0.197. The number of nitro benzene ring substituents is 1. The van der Waals surface area contributed by atoms with Gasteiger partial charge in [-0.1, -0.05) is 24.3 Å². The Bertz CT molecular complexity index is 1810. The molecule has 5 rings (SSSR count). The van der Waals surface area contributed by atoms with Crippen LogP contribution in [-0.2, 0) is 6.61 Å². The molecule has 0 aliphatic carbocycles. The molecule has 2 aromatic heterocycles. The van der Waals surface area contributed by atoms with Crippen LogP contribution in [0.3, 0.4) is 0 Å². The number of nitrogens with one attached hydrogen (secondary N) is 1. The first-order valence-corrected chi connectivity index (χ1v) is 11.8. The average Bonchev–Trinajstić information content (AvgIpc) is 3.20. The number of ether oxygens (including phenoxy) is 1. The summed E-state index contributed by atoms with van der Waals surface area (Å²) in [6, 6.07) is 22.5. The van der Waals surface area contributed by atoms with E-state index in [2.05, 4.69) is 10.1 Å². The SMILES string of the molecule is Cc1cc(C=Nn2c(=O)[nH]c3ccccc3c2=O)c(C)n1-c1ccc(OCc2cccc([N+](=O)[O-])c2)cc1. The first kappa shape index (κ1) is 24.4. The van der Waals surface area contributed by atoms with E-state index in [-0.39, 0.29) is 12.3 Å². The Labute approximate surface area is 216 Å². The molecule has 2 heterocycles. The molecule has 1 N–H and O–H groups in total. The second kappa shape index (κ2) is 10.0. The molecule has 0 aliphatic rings. The predicted molar refractivity (Wildman–Crippen MR) is 144 cm³/mol. The lowest BCUT2D eigenvalue weighted by molar-refractivity contribution is -0.384. The summed E-state index contributed by atoms with van der Waals surface area (Å²) in [6.45, 7) is 4.08. The standard InChI is InChI=1S/C28H23N5O5/c1-18-14-21(16-29-32-27(34)25-8-3-4-9-26(25)30-28(32)35)19(2)31(18)22-10-12-24(13-11-22)38-17-20-6-5-7-23(15-20)33(36)37/h3-16H,17H2,1-2H3,(H,30,35). The van der Waals surface area contributed by atoms with Crippen LogP contribution in [-0.4, -0.2) is 25.4 Å². The fourth-order valence-corrected chi connectivity index (χ4v) is 4.31. The molecular weight excluding hydrogens is 486 g/mol. The van der Waals surface area contributed by atoms with Gasteiger partial charge in [-0.05, 0) is 61.9 Å². The Morgan fingerprint density at radius 1 is 1.00 bits per heavy atom. The Balaban J connectivity index is 1.36. The minimum absolute atomic E-state index is 0.0226. The van der Waals surface area contributed by atoms with Crippen molar-refractivity contribution in [3.8, 4) is 11.4 Å². The molecular formula is C28H23N5O5. The first-order valence-electron chi connectivity index (χ1n) is 11.8. The summed E-state index contributed by atoms with van der Waals surface area (Å²) in [4.78, 5) is 38.4. The number of aromatic nitrogens is 3. The van der Waals surface area contributed by atoms with Crippen LogP contribution >= 0.6 is 0 Å². The molecule has 0 saturated heterocycles. The van der Waals surface area contributed by atoms with Crippen molar-refractivity contribution in [2.45, 2.75) is 20.5 Å². The van der Waals surface area contributed by atoms with Crippen molar-refractivity contribution in [2.24, 2.45) is 5.10 Å². The summed E-state index contributed by atoms with van der Waals surface area (Å²) in [5.41, 5.74) is 3.55. The summed E-state index contributed by atoms with van der Waals surface area (Å²) in [7, 11) is 0. The third-order valence-corrected chi connectivity index (χ3v) is 6.19. The Hall–Kier alpha value is -5.25. The van der Waals surface area contributed by atoms with Gasteiger partial charge in [-0.25, -0.2) is 4.79 Å². The van der Waals surface area contributed by atoms with Gasteiger partial charge in [-0.2, -0.15) is 5.10 Å². The van der Waals surface area contributed by atoms with E-state index in [1.165, 1.54) is 18.3 Å². The highest BCUT2D eigenvalue weighted by Gasteiger charge is 2.11. The lowest BCUT2D eigenvalue weighted by Gasteiger charge is -2.11. The van der Waals surface area contributed by atoms with Gasteiger partial charge in [0.05, 0.1) is 22.0 Å². The van der Waals surface area contributed by atoms with Crippen molar-refractivity contribution in [1.29, 1.82) is 0 Å². The van der Waals surface area contributed by atoms with Gasteiger partial charge in [-0.3, -0.25) is 14.9 Å². The van der Waals surface area contributed by atoms with Gasteiger partial charge in [-0.15, -0.1) is 4.68 Å². The second-order valence-corrected chi connectivity index (χ2v) is 8.71. The van der Waals surface area contributed by atoms with Crippen LogP contribution in [0.5, 0.6) is 5.75 Å². The molecule has 5 aromatic rings. The molecule has 0 spiro atoms. The summed E-state index contributed by atoms with van der Waals surface area (Å²) < 4.78 is 8.65. The minimum atomic E-state index is -0.612. The van der Waals surface area contributed by atoms with Crippen LogP contribution in [0.1, 0.15) is 22.5 Å². The maximum Gasteiger partial charge on any atom is 0.349 e. The molecule has 0 unspecified atom stereocenters. The Morgan fingerprint density at radius 2 is 1.76 bits per heavy atom. The summed E-state index contributed by atoms with van der Waals surface area (Å²) in [5.74, 6) is 0.624. The number of nitrogens with zero attached hydrogens (tertiary/aromatic N) is 4. The minimum Gasteiger partial charge on any atom is -0.489 e. The van der Waals surface area contributed by atoms with Gasteiger partial charge in [0.25, 0.3) is 11.2 Å². The number of nitro groups is 1. The highest BCUT2D eigenvalue weighted by Crippen LogP contribution is 2.23. The number of hydrogen-bond donors (Lipinski definition) is 1. The highest BCUT2D eigenvalue weighted by atomic mass is 16.6. The molecule has 0 radical (unpaired) electrons. The number of benzene rings is 3. The molecule has 0 aliphatic heterocycles. The van der Waals surface area contributed by atoms with Crippen LogP contribution in [0.2, 0.25) is 0 Å². The first-order chi connectivity index (χ1) is 18.3. The summed E-state index contributed by atoms with van der Waals surface area (Å²) in [5, 5.41) is 15.5. The van der Waals surface area contributed by atoms with Gasteiger partial charge >= 0.3 is 5.69 Å². The van der Waals surface area contributed by atoms with Crippen molar-refractivity contribution in [3.63, 3.8) is 0 Å². The van der Waals surface area contributed by atoms with Crippen LogP contribution in [0.4, 0.5) is 5.69 Å². The number of aromatic amines is 1. The van der Waals surface area contributed by atoms with E-state index in [0.29, 0.717) is 22.2 Å². The molecule has 38 heavy (non-hydrogen) atoms. The number of H-pyrrole nitrogens is 1. The highest BCUT2D eigenvalue weighted by molar-refractivity contribution is 5.82. The van der Waals surface area contributed by atoms with Gasteiger partial charge in [0.15, 0.2) is 0 Å². The normalized spacial score (nSPS) is 11.3. The number of fused-ring (bicyclic) bond motifs is 1. The molecule has 0 fully saturated rings. The third kappa shape index (κ3) is 4.74. The van der Waals surface area contributed by atoms with Gasteiger partial charge < -0.3 is 14.3 Å². The van der Waals surface area contributed by atoms with Crippen LogP contribution in [0.15, 0.2) is 93.6 Å². The van der Waals surface area contributed by atoms with Crippen molar-refractivity contribution < 1.29 is 9.66 Å². The van der Waals surface area contributed by atoms with E-state index in [1.807, 2.05) is 48.7 Å². The zero-order valence-corrected chi connectivity index (χ0v) is 20.6. The molecule has 190 valence electrons. The van der Waals surface area contributed by atoms with Crippen molar-refractivity contribution >= 4 is 22.8 Å². The monoisotopic (exact) mass is 509 g/mol. The maximum atomic E-state index is 12.8. The van der Waals surface area contributed by atoms with Crippen LogP contribution in [0, 0.1) is 24.0 Å². The van der Waals surface area contributed by atoms with Crippen LogP contribution in [0.25, 0.3) is 16.6 Å². The van der Waals surface area contributed by atoms with Gasteiger partial charge in [0.1, 0.15) is 12.4 Å². The van der Waals surface area contributed by atoms with Crippen LogP contribution < -0.4 is 16.0 Å². The van der Waals surface area contributed by atoms with E-state index < -0.39 is 16.2 Å². The van der Waals surface area contributed by atoms with Gasteiger partial charge in [0, 0.05) is 34.8 Å². The third-order valence-electron chi connectivity index (χ3n) is 6.19. The van der Waals surface area contributed by atoms with E-state index in [9.17, 15) is 19.7 Å². The van der Waals surface area contributed by atoms with Crippen molar-refractivity contribution in [2.75, 3.05) is 0 Å². The Kier molecular flexibility index (Phi) is 6.44.